The summed E-state index contributed by atoms with van der Waals surface area (Å²) in [6.45, 7) is 6.36. The fraction of sp³-hybridized carbons (Fsp3) is 0.387. The minimum Gasteiger partial charge on any atom is -0.461 e. The van der Waals surface area contributed by atoms with Crippen LogP contribution in [0, 0.1) is 0 Å². The molecule has 6 rings (SSSR count). The zero-order chi connectivity index (χ0) is 25.7. The molecule has 1 aliphatic heterocycles. The Bertz CT molecular complexity index is 1550. The molecule has 1 aromatic heterocycles. The van der Waals surface area contributed by atoms with Crippen LogP contribution in [0.15, 0.2) is 65.5 Å². The van der Waals surface area contributed by atoms with Crippen molar-refractivity contribution in [2.45, 2.75) is 70.6 Å². The largest absolute Gasteiger partial charge is 0.461 e. The van der Waals surface area contributed by atoms with Crippen LogP contribution in [0.25, 0.3) is 21.8 Å². The van der Waals surface area contributed by atoms with Crippen molar-refractivity contribution in [1.29, 1.82) is 0 Å². The van der Waals surface area contributed by atoms with Crippen LogP contribution in [0.2, 0.25) is 0 Å². The number of benzene rings is 3. The molecule has 3 aromatic carbocycles. The number of aromatic nitrogens is 2. The summed E-state index contributed by atoms with van der Waals surface area (Å²) in [5, 5.41) is 2.73. The molecule has 37 heavy (non-hydrogen) atoms. The lowest BCUT2D eigenvalue weighted by atomic mass is 10.0. The van der Waals surface area contributed by atoms with Gasteiger partial charge in [0.05, 0.1) is 17.6 Å². The van der Waals surface area contributed by atoms with Gasteiger partial charge in [0, 0.05) is 24.2 Å². The highest BCUT2D eigenvalue weighted by molar-refractivity contribution is 5.91. The van der Waals surface area contributed by atoms with Gasteiger partial charge in [-0.25, -0.2) is 9.78 Å². The molecular weight excluding hydrogens is 462 g/mol. The smallest absolute Gasteiger partial charge is 0.362 e. The molecule has 0 radical (unpaired) electrons. The Morgan fingerprint density at radius 3 is 2.68 bits per heavy atom. The highest BCUT2D eigenvalue weighted by Crippen LogP contribution is 2.45. The molecule has 4 atom stereocenters. The lowest BCUT2D eigenvalue weighted by Gasteiger charge is -2.36. The van der Waals surface area contributed by atoms with E-state index in [1.807, 2.05) is 24.3 Å². The normalized spacial score (nSPS) is 22.1. The van der Waals surface area contributed by atoms with Gasteiger partial charge in [0.2, 0.25) is 5.69 Å². The second-order valence-corrected chi connectivity index (χ2v) is 10.5. The fourth-order valence-electron chi connectivity index (χ4n) is 6.80. The van der Waals surface area contributed by atoms with Gasteiger partial charge in [0.25, 0.3) is 5.56 Å². The first kappa shape index (κ1) is 23.9. The van der Waals surface area contributed by atoms with E-state index in [4.69, 9.17) is 4.74 Å². The first-order chi connectivity index (χ1) is 18.0. The lowest BCUT2D eigenvalue weighted by Crippen LogP contribution is -2.40. The number of rotatable bonds is 6. The summed E-state index contributed by atoms with van der Waals surface area (Å²) in [6.07, 6.45) is 4.08. The molecule has 0 spiro atoms. The third-order valence-corrected chi connectivity index (χ3v) is 8.32. The van der Waals surface area contributed by atoms with E-state index in [0.717, 1.165) is 31.2 Å². The lowest BCUT2D eigenvalue weighted by molar-refractivity contribution is 0.0516. The summed E-state index contributed by atoms with van der Waals surface area (Å²) >= 11 is 0. The van der Waals surface area contributed by atoms with Crippen LogP contribution in [0.3, 0.4) is 0 Å². The van der Waals surface area contributed by atoms with Crippen molar-refractivity contribution < 1.29 is 9.53 Å². The minimum absolute atomic E-state index is 0.106. The number of likely N-dealkylation sites (tertiary alicyclic amines) is 1. The summed E-state index contributed by atoms with van der Waals surface area (Å²) in [6, 6.07) is 21.9. The molecule has 1 fully saturated rings. The van der Waals surface area contributed by atoms with Crippen molar-refractivity contribution in [2.75, 3.05) is 6.61 Å². The molecule has 6 heteroatoms. The molecule has 4 aromatic rings. The van der Waals surface area contributed by atoms with E-state index >= 15 is 0 Å². The molecule has 1 saturated heterocycles. The summed E-state index contributed by atoms with van der Waals surface area (Å²) in [7, 11) is 0. The van der Waals surface area contributed by atoms with Crippen LogP contribution in [0.5, 0.6) is 0 Å². The van der Waals surface area contributed by atoms with Gasteiger partial charge < -0.3 is 9.30 Å². The SMILES string of the molecule is CCOC(=O)c1nc2ccccc2n([C@@H](C)C[C@@H]2CC[C@H](C)N2C2Cc3cccc4cccc2c34)c1=O. The molecule has 2 aliphatic rings. The van der Waals surface area contributed by atoms with Crippen molar-refractivity contribution >= 4 is 27.8 Å². The number of nitrogens with zero attached hydrogens (tertiary/aromatic N) is 3. The zero-order valence-electron chi connectivity index (χ0n) is 21.7. The van der Waals surface area contributed by atoms with Crippen LogP contribution in [-0.2, 0) is 11.2 Å². The maximum atomic E-state index is 13.6. The van der Waals surface area contributed by atoms with Crippen molar-refractivity contribution in [2.24, 2.45) is 0 Å². The van der Waals surface area contributed by atoms with E-state index < -0.39 is 5.97 Å². The highest BCUT2D eigenvalue weighted by Gasteiger charge is 2.40. The monoisotopic (exact) mass is 495 g/mol. The van der Waals surface area contributed by atoms with E-state index in [1.54, 1.807) is 11.5 Å². The molecule has 0 bridgehead atoms. The molecular formula is C31H33N3O3. The molecule has 6 nitrogen and oxygen atoms in total. The van der Waals surface area contributed by atoms with Crippen molar-refractivity contribution in [3.05, 3.63) is 87.8 Å². The Labute approximate surface area is 216 Å². The predicted octanol–water partition coefficient (Wildman–Crippen LogP) is 5.83. The van der Waals surface area contributed by atoms with Crippen LogP contribution < -0.4 is 5.56 Å². The number of ether oxygens (including phenoxy) is 1. The summed E-state index contributed by atoms with van der Waals surface area (Å²) in [5.41, 5.74) is 3.73. The molecule has 2 heterocycles. The minimum atomic E-state index is -0.660. The number of hydrogen-bond acceptors (Lipinski definition) is 5. The van der Waals surface area contributed by atoms with Gasteiger partial charge in [-0.15, -0.1) is 0 Å². The Balaban J connectivity index is 1.36. The van der Waals surface area contributed by atoms with E-state index in [9.17, 15) is 9.59 Å². The second kappa shape index (κ2) is 9.42. The number of carbonyl (C=O) groups is 1. The standard InChI is InChI=1S/C31H33N3O3/c1-4-37-31(36)29-30(35)34(26-14-6-5-13-25(26)32-29)20(3)17-23-16-15-19(2)33(23)27-18-22-11-7-9-21-10-8-12-24(27)28(21)22/h5-14,19-20,23,27H,4,15-18H2,1-3H3/t19-,20-,23-,27?/m0/s1. The number of fused-ring (bicyclic) bond motifs is 1. The van der Waals surface area contributed by atoms with Crippen LogP contribution >= 0.6 is 0 Å². The van der Waals surface area contributed by atoms with E-state index in [-0.39, 0.29) is 23.9 Å². The van der Waals surface area contributed by atoms with Crippen molar-refractivity contribution in [1.82, 2.24) is 14.5 Å². The predicted molar refractivity (Wildman–Crippen MR) is 146 cm³/mol. The van der Waals surface area contributed by atoms with Crippen molar-refractivity contribution in [3.63, 3.8) is 0 Å². The topological polar surface area (TPSA) is 64.4 Å². The van der Waals surface area contributed by atoms with E-state index in [0.29, 0.717) is 23.6 Å². The van der Waals surface area contributed by atoms with Crippen LogP contribution in [0.4, 0.5) is 0 Å². The van der Waals surface area contributed by atoms with E-state index in [1.165, 1.54) is 21.9 Å². The van der Waals surface area contributed by atoms with Gasteiger partial charge in [-0.1, -0.05) is 48.5 Å². The van der Waals surface area contributed by atoms with Gasteiger partial charge in [-0.3, -0.25) is 9.69 Å². The first-order valence-corrected chi connectivity index (χ1v) is 13.4. The van der Waals surface area contributed by atoms with Gasteiger partial charge >= 0.3 is 5.97 Å². The molecule has 190 valence electrons. The zero-order valence-corrected chi connectivity index (χ0v) is 21.7. The maximum Gasteiger partial charge on any atom is 0.362 e. The van der Waals surface area contributed by atoms with Crippen LogP contribution in [-0.4, -0.2) is 39.1 Å². The fourth-order valence-corrected chi connectivity index (χ4v) is 6.80. The molecule has 0 N–H and O–H groups in total. The Hall–Kier alpha value is -3.51. The molecule has 0 saturated carbocycles. The number of hydrogen-bond donors (Lipinski definition) is 0. The molecule has 1 aliphatic carbocycles. The number of para-hydroxylation sites is 2. The summed E-state index contributed by atoms with van der Waals surface area (Å²) < 4.78 is 6.92. The maximum absolute atomic E-state index is 13.6. The van der Waals surface area contributed by atoms with Gasteiger partial charge in [0.15, 0.2) is 0 Å². The van der Waals surface area contributed by atoms with Gasteiger partial charge in [-0.2, -0.15) is 0 Å². The first-order valence-electron chi connectivity index (χ1n) is 13.4. The van der Waals surface area contributed by atoms with Gasteiger partial charge in [0.1, 0.15) is 0 Å². The summed E-state index contributed by atoms with van der Waals surface area (Å²) in [5.74, 6) is -0.660. The second-order valence-electron chi connectivity index (χ2n) is 10.5. The molecule has 0 amide bonds. The average molecular weight is 496 g/mol. The average Bonchev–Trinajstić information content (AvgIpc) is 3.44. The third-order valence-electron chi connectivity index (χ3n) is 8.32. The Morgan fingerprint density at radius 1 is 1.08 bits per heavy atom. The molecule has 1 unspecified atom stereocenters. The van der Waals surface area contributed by atoms with Gasteiger partial charge in [-0.05, 0) is 80.5 Å². The van der Waals surface area contributed by atoms with E-state index in [2.05, 4.69) is 60.1 Å². The Kier molecular flexibility index (Phi) is 6.07. The van der Waals surface area contributed by atoms with Crippen LogP contribution in [0.1, 0.15) is 73.7 Å². The summed E-state index contributed by atoms with van der Waals surface area (Å²) in [4.78, 5) is 33.3. The highest BCUT2D eigenvalue weighted by atomic mass is 16.5. The number of carbonyl (C=O) groups excluding carboxylic acids is 1. The third kappa shape index (κ3) is 3.95. The number of esters is 1. The van der Waals surface area contributed by atoms with Crippen molar-refractivity contribution in [3.8, 4) is 0 Å². The Morgan fingerprint density at radius 2 is 1.86 bits per heavy atom. The quantitative estimate of drug-likeness (QED) is 0.315.